The third kappa shape index (κ3) is 58.1. The van der Waals surface area contributed by atoms with Crippen LogP contribution in [0.4, 0.5) is 0 Å². The van der Waals surface area contributed by atoms with Crippen molar-refractivity contribution in [1.82, 2.24) is 0 Å². The Morgan fingerprint density at radius 3 is 0.831 bits per heavy atom. The van der Waals surface area contributed by atoms with Crippen molar-refractivity contribution in [3.8, 4) is 0 Å². The number of allylic oxidation sites excluding steroid dienone is 8. The number of rotatable bonds is 57. The van der Waals surface area contributed by atoms with Gasteiger partial charge in [0.15, 0.2) is 6.10 Å². The quantitative estimate of drug-likeness (QED) is 0.0261. The van der Waals surface area contributed by atoms with E-state index in [1.54, 1.807) is 0 Å². The van der Waals surface area contributed by atoms with E-state index in [2.05, 4.69) is 69.4 Å². The third-order valence-electron chi connectivity index (χ3n) is 13.8. The summed E-state index contributed by atoms with van der Waals surface area (Å²) in [5, 5.41) is 0. The standard InChI is InChI=1S/C65H118O6/c1-4-7-10-13-16-19-22-25-26-27-28-29-30-31-32-33-34-35-36-37-38-41-43-46-49-52-55-58-64(67)70-61-62(71-65(68)59-56-53-50-47-44-40-24-21-18-15-12-9-6-3)60-69-63(66)57-54-51-48-45-42-39-23-20-17-14-11-8-5-2/h12,15,21-22,24-25,27-28,62H,4-11,13-14,16-20,23,26,29-61H2,1-3H3/b15-12-,24-21-,25-22-,28-27-. The molecule has 0 aromatic heterocycles. The minimum atomic E-state index is -0.777. The zero-order valence-corrected chi connectivity index (χ0v) is 47.5. The first kappa shape index (κ1) is 68.4. The summed E-state index contributed by atoms with van der Waals surface area (Å²) in [6, 6.07) is 0. The fourth-order valence-electron chi connectivity index (χ4n) is 9.10. The molecule has 0 aliphatic heterocycles. The maximum Gasteiger partial charge on any atom is 0.306 e. The van der Waals surface area contributed by atoms with Gasteiger partial charge in [-0.3, -0.25) is 14.4 Å². The summed E-state index contributed by atoms with van der Waals surface area (Å²) in [5.74, 6) is -0.872. The highest BCUT2D eigenvalue weighted by molar-refractivity contribution is 5.71. The van der Waals surface area contributed by atoms with Crippen LogP contribution >= 0.6 is 0 Å². The van der Waals surface area contributed by atoms with Gasteiger partial charge in [-0.25, -0.2) is 0 Å². The van der Waals surface area contributed by atoms with Crippen LogP contribution < -0.4 is 0 Å². The highest BCUT2D eigenvalue weighted by Crippen LogP contribution is 2.17. The van der Waals surface area contributed by atoms with Gasteiger partial charge in [0, 0.05) is 19.3 Å². The third-order valence-corrected chi connectivity index (χ3v) is 13.8. The number of unbranched alkanes of at least 4 members (excludes halogenated alkanes) is 38. The summed E-state index contributed by atoms with van der Waals surface area (Å²) in [6.45, 7) is 6.59. The molecule has 0 radical (unpaired) electrons. The second kappa shape index (κ2) is 59.9. The first-order chi connectivity index (χ1) is 35.0. The molecule has 0 aliphatic carbocycles. The average molecular weight is 996 g/mol. The Kier molecular flexibility index (Phi) is 57.7. The lowest BCUT2D eigenvalue weighted by atomic mass is 10.0. The minimum absolute atomic E-state index is 0.0749. The van der Waals surface area contributed by atoms with E-state index < -0.39 is 6.10 Å². The van der Waals surface area contributed by atoms with Crippen molar-refractivity contribution >= 4 is 17.9 Å². The Balaban J connectivity index is 4.18. The lowest BCUT2D eigenvalue weighted by Gasteiger charge is -2.18. The van der Waals surface area contributed by atoms with Gasteiger partial charge >= 0.3 is 17.9 Å². The summed E-state index contributed by atoms with van der Waals surface area (Å²) in [5.41, 5.74) is 0. The van der Waals surface area contributed by atoms with Crippen molar-refractivity contribution in [2.45, 2.75) is 335 Å². The SMILES string of the molecule is CCC/C=C\C/C=C\CCCCCCCC(=O)OC(COC(=O)CCCCCCCCCCCCCCC)COC(=O)CCCCCCCCCCCCCCCCC/C=C\C/C=C\CCCCCCC. The van der Waals surface area contributed by atoms with E-state index in [9.17, 15) is 14.4 Å². The lowest BCUT2D eigenvalue weighted by Crippen LogP contribution is -2.30. The molecular weight excluding hydrogens is 877 g/mol. The van der Waals surface area contributed by atoms with Crippen molar-refractivity contribution in [3.63, 3.8) is 0 Å². The molecule has 0 rings (SSSR count). The molecule has 0 spiro atoms. The Morgan fingerprint density at radius 1 is 0.282 bits per heavy atom. The van der Waals surface area contributed by atoms with Crippen LogP contribution in [-0.2, 0) is 28.6 Å². The van der Waals surface area contributed by atoms with Gasteiger partial charge in [0.25, 0.3) is 0 Å². The smallest absolute Gasteiger partial charge is 0.306 e. The van der Waals surface area contributed by atoms with Gasteiger partial charge < -0.3 is 14.2 Å². The van der Waals surface area contributed by atoms with E-state index in [0.717, 1.165) is 96.3 Å². The van der Waals surface area contributed by atoms with E-state index >= 15 is 0 Å². The Labute approximate surface area is 441 Å². The molecule has 71 heavy (non-hydrogen) atoms. The molecule has 0 saturated heterocycles. The van der Waals surface area contributed by atoms with Crippen molar-refractivity contribution in [2.75, 3.05) is 13.2 Å². The predicted molar refractivity (Wildman–Crippen MR) is 307 cm³/mol. The predicted octanol–water partition coefficient (Wildman–Crippen LogP) is 21.0. The monoisotopic (exact) mass is 995 g/mol. The fraction of sp³-hybridized carbons (Fsp3) is 0.831. The van der Waals surface area contributed by atoms with Crippen LogP contribution in [0.5, 0.6) is 0 Å². The number of ether oxygens (including phenoxy) is 3. The molecule has 1 unspecified atom stereocenters. The number of carbonyl (C=O) groups is 3. The van der Waals surface area contributed by atoms with Crippen LogP contribution in [0.1, 0.15) is 329 Å². The van der Waals surface area contributed by atoms with Crippen LogP contribution in [-0.4, -0.2) is 37.2 Å². The molecule has 6 heteroatoms. The van der Waals surface area contributed by atoms with E-state index in [0.29, 0.717) is 19.3 Å². The molecule has 414 valence electrons. The second-order valence-corrected chi connectivity index (χ2v) is 21.0. The molecule has 0 aromatic carbocycles. The highest BCUT2D eigenvalue weighted by Gasteiger charge is 2.19. The zero-order chi connectivity index (χ0) is 51.4. The molecule has 0 amide bonds. The molecule has 6 nitrogen and oxygen atoms in total. The van der Waals surface area contributed by atoms with Crippen LogP contribution in [0, 0.1) is 0 Å². The zero-order valence-electron chi connectivity index (χ0n) is 47.5. The van der Waals surface area contributed by atoms with Crippen molar-refractivity contribution in [1.29, 1.82) is 0 Å². The Bertz CT molecular complexity index is 1230. The van der Waals surface area contributed by atoms with Crippen LogP contribution in [0.15, 0.2) is 48.6 Å². The topological polar surface area (TPSA) is 78.9 Å². The first-order valence-electron chi connectivity index (χ1n) is 31.1. The van der Waals surface area contributed by atoms with Crippen molar-refractivity contribution in [2.24, 2.45) is 0 Å². The maximum absolute atomic E-state index is 12.8. The minimum Gasteiger partial charge on any atom is -0.462 e. The summed E-state index contributed by atoms with van der Waals surface area (Å²) in [7, 11) is 0. The maximum atomic E-state index is 12.8. The van der Waals surface area contributed by atoms with E-state index in [1.807, 2.05) is 0 Å². The molecule has 1 atom stereocenters. The molecule has 0 aliphatic rings. The van der Waals surface area contributed by atoms with Gasteiger partial charge in [-0.05, 0) is 77.0 Å². The van der Waals surface area contributed by atoms with Crippen LogP contribution in [0.3, 0.4) is 0 Å². The Morgan fingerprint density at radius 2 is 0.535 bits per heavy atom. The van der Waals surface area contributed by atoms with Gasteiger partial charge in [0.1, 0.15) is 13.2 Å². The second-order valence-electron chi connectivity index (χ2n) is 21.0. The molecular formula is C65H118O6. The van der Waals surface area contributed by atoms with Gasteiger partial charge in [-0.15, -0.1) is 0 Å². The summed E-state index contributed by atoms with van der Waals surface area (Å²) < 4.78 is 16.9. The van der Waals surface area contributed by atoms with Crippen molar-refractivity contribution in [3.05, 3.63) is 48.6 Å². The van der Waals surface area contributed by atoms with Crippen molar-refractivity contribution < 1.29 is 28.6 Å². The van der Waals surface area contributed by atoms with Gasteiger partial charge in [-0.2, -0.15) is 0 Å². The summed E-state index contributed by atoms with van der Waals surface area (Å²) in [4.78, 5) is 38.2. The normalized spacial score (nSPS) is 12.3. The van der Waals surface area contributed by atoms with E-state index in [4.69, 9.17) is 14.2 Å². The summed E-state index contributed by atoms with van der Waals surface area (Å²) >= 11 is 0. The number of hydrogen-bond acceptors (Lipinski definition) is 6. The largest absolute Gasteiger partial charge is 0.462 e. The number of hydrogen-bond donors (Lipinski definition) is 0. The van der Waals surface area contributed by atoms with Gasteiger partial charge in [0.2, 0.25) is 0 Å². The molecule has 0 fully saturated rings. The first-order valence-corrected chi connectivity index (χ1v) is 31.1. The molecule has 0 aromatic rings. The fourth-order valence-corrected chi connectivity index (χ4v) is 9.10. The average Bonchev–Trinajstić information content (AvgIpc) is 3.37. The number of carbonyl (C=O) groups excluding carboxylic acids is 3. The van der Waals surface area contributed by atoms with Crippen LogP contribution in [0.2, 0.25) is 0 Å². The summed E-state index contributed by atoms with van der Waals surface area (Å²) in [6.07, 6.45) is 74.1. The molecule has 0 N–H and O–H groups in total. The van der Waals surface area contributed by atoms with E-state index in [-0.39, 0.29) is 31.1 Å². The number of esters is 3. The molecule has 0 heterocycles. The van der Waals surface area contributed by atoms with Crippen LogP contribution in [0.25, 0.3) is 0 Å². The van der Waals surface area contributed by atoms with Gasteiger partial charge in [-0.1, -0.05) is 281 Å². The highest BCUT2D eigenvalue weighted by atomic mass is 16.6. The molecule has 0 bridgehead atoms. The van der Waals surface area contributed by atoms with Gasteiger partial charge in [0.05, 0.1) is 0 Å². The molecule has 0 saturated carbocycles. The van der Waals surface area contributed by atoms with E-state index in [1.165, 1.54) is 193 Å². The Hall–Kier alpha value is -2.63. The lowest BCUT2D eigenvalue weighted by molar-refractivity contribution is -0.167.